The van der Waals surface area contributed by atoms with Gasteiger partial charge in [-0.15, -0.1) is 0 Å². The summed E-state index contributed by atoms with van der Waals surface area (Å²) in [6.45, 7) is 3.71. The lowest BCUT2D eigenvalue weighted by molar-refractivity contribution is 0.201. The Morgan fingerprint density at radius 3 is 2.71 bits per heavy atom. The minimum atomic E-state index is -3.91. The molecule has 0 spiro atoms. The second kappa shape index (κ2) is 6.32. The van der Waals surface area contributed by atoms with Gasteiger partial charge in [0.1, 0.15) is 10.7 Å². The molecule has 21 heavy (non-hydrogen) atoms. The number of benzene rings is 1. The lowest BCUT2D eigenvalue weighted by Gasteiger charge is -2.36. The van der Waals surface area contributed by atoms with Crippen LogP contribution in [0.1, 0.15) is 32.3 Å². The lowest BCUT2D eigenvalue weighted by atomic mass is 9.94. The quantitative estimate of drug-likeness (QED) is 0.878. The summed E-state index contributed by atoms with van der Waals surface area (Å²) in [5.41, 5.74) is -0.0272. The highest BCUT2D eigenvalue weighted by Gasteiger charge is 2.36. The number of nitrogens with zero attached hydrogens (tertiary/aromatic N) is 1. The third-order valence-corrected chi connectivity index (χ3v) is 6.60. The monoisotopic (exact) mass is 379 g/mol. The maximum absolute atomic E-state index is 14.3. The second-order valence-corrected chi connectivity index (χ2v) is 8.29. The summed E-state index contributed by atoms with van der Waals surface area (Å²) in [5, 5.41) is 9.17. The minimum Gasteiger partial charge on any atom is -0.392 e. The minimum absolute atomic E-state index is 0.0272. The Hall–Kier alpha value is -0.500. The van der Waals surface area contributed by atoms with Crippen molar-refractivity contribution in [2.24, 2.45) is 5.92 Å². The van der Waals surface area contributed by atoms with Crippen LogP contribution in [0.4, 0.5) is 4.39 Å². The Morgan fingerprint density at radius 2 is 2.10 bits per heavy atom. The van der Waals surface area contributed by atoms with Gasteiger partial charge in [-0.1, -0.05) is 22.9 Å². The molecule has 7 heteroatoms. The number of hydrogen-bond acceptors (Lipinski definition) is 3. The molecule has 1 aliphatic rings. The number of aliphatic hydroxyl groups excluding tert-OH is 1. The fraction of sp³-hybridized carbons (Fsp3) is 0.571. The summed E-state index contributed by atoms with van der Waals surface area (Å²) < 4.78 is 41.7. The largest absolute Gasteiger partial charge is 0.392 e. The van der Waals surface area contributed by atoms with Crippen molar-refractivity contribution in [2.45, 2.75) is 44.2 Å². The van der Waals surface area contributed by atoms with E-state index in [1.165, 1.54) is 16.4 Å². The Morgan fingerprint density at radius 1 is 1.43 bits per heavy atom. The molecule has 4 nitrogen and oxygen atoms in total. The van der Waals surface area contributed by atoms with E-state index >= 15 is 0 Å². The molecule has 2 atom stereocenters. The first-order chi connectivity index (χ1) is 9.78. The molecule has 118 valence electrons. The molecule has 0 amide bonds. The van der Waals surface area contributed by atoms with Crippen molar-refractivity contribution < 1.29 is 17.9 Å². The van der Waals surface area contributed by atoms with Gasteiger partial charge in [-0.25, -0.2) is 12.8 Å². The Balaban J connectivity index is 2.51. The topological polar surface area (TPSA) is 57.6 Å². The van der Waals surface area contributed by atoms with Crippen molar-refractivity contribution in [1.82, 2.24) is 4.31 Å². The molecule has 1 fully saturated rings. The van der Waals surface area contributed by atoms with Crippen LogP contribution < -0.4 is 0 Å². The van der Waals surface area contributed by atoms with Gasteiger partial charge < -0.3 is 5.11 Å². The predicted molar refractivity (Wildman–Crippen MR) is 81.8 cm³/mol. The van der Waals surface area contributed by atoms with Gasteiger partial charge in [-0.05, 0) is 37.8 Å². The summed E-state index contributed by atoms with van der Waals surface area (Å²) in [4.78, 5) is -0.373. The van der Waals surface area contributed by atoms with Crippen LogP contribution in [-0.2, 0) is 16.6 Å². The standard InChI is InChI=1S/C14H19BrFNO3S/c1-9-4-3-5-17(10(9)2)21(19,20)13-7-12(15)6-11(8-18)14(13)16/h6-7,9-10,18H,3-5,8H2,1-2H3. The fourth-order valence-electron chi connectivity index (χ4n) is 2.68. The molecule has 1 aromatic carbocycles. The zero-order valence-corrected chi connectivity index (χ0v) is 14.4. The van der Waals surface area contributed by atoms with Crippen LogP contribution in [0, 0.1) is 11.7 Å². The fourth-order valence-corrected chi connectivity index (χ4v) is 5.24. The number of aliphatic hydroxyl groups is 1. The van der Waals surface area contributed by atoms with E-state index in [0.29, 0.717) is 11.0 Å². The predicted octanol–water partition coefficient (Wildman–Crippen LogP) is 2.89. The third-order valence-electron chi connectivity index (χ3n) is 4.15. The van der Waals surface area contributed by atoms with E-state index in [4.69, 9.17) is 5.11 Å². The van der Waals surface area contributed by atoms with Gasteiger partial charge in [0.25, 0.3) is 0 Å². The molecule has 0 aromatic heterocycles. The van der Waals surface area contributed by atoms with Gasteiger partial charge in [-0.3, -0.25) is 0 Å². The van der Waals surface area contributed by atoms with Crippen molar-refractivity contribution in [3.8, 4) is 0 Å². The van der Waals surface area contributed by atoms with Gasteiger partial charge in [0.15, 0.2) is 0 Å². The molecule has 2 unspecified atom stereocenters. The normalized spacial score (nSPS) is 24.2. The van der Waals surface area contributed by atoms with Gasteiger partial charge in [-0.2, -0.15) is 4.31 Å². The maximum Gasteiger partial charge on any atom is 0.246 e. The van der Waals surface area contributed by atoms with E-state index in [1.54, 1.807) is 0 Å². The molecule has 1 N–H and O–H groups in total. The number of piperidine rings is 1. The first-order valence-corrected chi connectivity index (χ1v) is 9.13. The van der Waals surface area contributed by atoms with Crippen LogP contribution in [0.25, 0.3) is 0 Å². The van der Waals surface area contributed by atoms with Crippen molar-refractivity contribution >= 4 is 26.0 Å². The van der Waals surface area contributed by atoms with Gasteiger partial charge in [0, 0.05) is 22.6 Å². The molecule has 0 radical (unpaired) electrons. The van der Waals surface area contributed by atoms with Gasteiger partial charge in [0.2, 0.25) is 10.0 Å². The number of hydrogen-bond donors (Lipinski definition) is 1. The van der Waals surface area contributed by atoms with E-state index in [2.05, 4.69) is 15.9 Å². The van der Waals surface area contributed by atoms with Crippen LogP contribution >= 0.6 is 15.9 Å². The second-order valence-electron chi connectivity index (χ2n) is 5.51. The highest BCUT2D eigenvalue weighted by molar-refractivity contribution is 9.10. The molecule has 0 saturated carbocycles. The molecule has 1 aliphatic heterocycles. The number of rotatable bonds is 3. The summed E-state index contributed by atoms with van der Waals surface area (Å²) in [7, 11) is -3.91. The summed E-state index contributed by atoms with van der Waals surface area (Å²) in [6, 6.07) is 2.48. The first-order valence-electron chi connectivity index (χ1n) is 6.89. The number of halogens is 2. The van der Waals surface area contributed by atoms with Crippen molar-refractivity contribution in [3.05, 3.63) is 28.0 Å². The Kier molecular flexibility index (Phi) is 5.07. The van der Waals surface area contributed by atoms with Crippen molar-refractivity contribution in [2.75, 3.05) is 6.54 Å². The van der Waals surface area contributed by atoms with E-state index < -0.39 is 22.4 Å². The molecule has 1 aromatic rings. The van der Waals surface area contributed by atoms with E-state index in [9.17, 15) is 12.8 Å². The van der Waals surface area contributed by atoms with E-state index in [-0.39, 0.29) is 22.4 Å². The molecule has 0 aliphatic carbocycles. The highest BCUT2D eigenvalue weighted by Crippen LogP contribution is 2.32. The lowest BCUT2D eigenvalue weighted by Crippen LogP contribution is -2.46. The molecule has 1 heterocycles. The van der Waals surface area contributed by atoms with Crippen molar-refractivity contribution in [3.63, 3.8) is 0 Å². The summed E-state index contributed by atoms with van der Waals surface area (Å²) in [5.74, 6) is -0.632. The van der Waals surface area contributed by atoms with Crippen LogP contribution in [0.15, 0.2) is 21.5 Å². The molecular weight excluding hydrogens is 361 g/mol. The van der Waals surface area contributed by atoms with E-state index in [1.807, 2.05) is 13.8 Å². The van der Waals surface area contributed by atoms with Crippen molar-refractivity contribution in [1.29, 1.82) is 0 Å². The highest BCUT2D eigenvalue weighted by atomic mass is 79.9. The summed E-state index contributed by atoms with van der Waals surface area (Å²) in [6.07, 6.45) is 1.74. The van der Waals surface area contributed by atoms with E-state index in [0.717, 1.165) is 12.8 Å². The third kappa shape index (κ3) is 3.16. The zero-order valence-electron chi connectivity index (χ0n) is 12.0. The molecular formula is C14H19BrFNO3S. The Labute approximate surface area is 133 Å². The first kappa shape index (κ1) is 16.9. The number of sulfonamides is 1. The summed E-state index contributed by atoms with van der Waals surface area (Å²) >= 11 is 3.17. The van der Waals surface area contributed by atoms with Crippen LogP contribution in [0.5, 0.6) is 0 Å². The van der Waals surface area contributed by atoms with Gasteiger partial charge in [0.05, 0.1) is 6.61 Å². The average Bonchev–Trinajstić information content (AvgIpc) is 2.43. The Bertz CT molecular complexity index is 635. The van der Waals surface area contributed by atoms with Crippen LogP contribution in [-0.4, -0.2) is 30.4 Å². The van der Waals surface area contributed by atoms with Crippen LogP contribution in [0.2, 0.25) is 0 Å². The SMILES string of the molecule is CC1CCCN(S(=O)(=O)c2cc(Br)cc(CO)c2F)C1C. The molecule has 2 rings (SSSR count). The smallest absolute Gasteiger partial charge is 0.246 e. The van der Waals surface area contributed by atoms with Crippen LogP contribution in [0.3, 0.4) is 0 Å². The molecule has 1 saturated heterocycles. The maximum atomic E-state index is 14.3. The van der Waals surface area contributed by atoms with Gasteiger partial charge >= 0.3 is 0 Å². The average molecular weight is 380 g/mol. The zero-order chi connectivity index (χ0) is 15.8. The molecule has 0 bridgehead atoms.